The Hall–Kier alpha value is -2.21. The van der Waals surface area contributed by atoms with Gasteiger partial charge in [0.2, 0.25) is 5.91 Å². The van der Waals surface area contributed by atoms with E-state index in [1.807, 2.05) is 40.7 Å². The fourth-order valence-corrected chi connectivity index (χ4v) is 3.91. The molecule has 3 aromatic rings. The second kappa shape index (κ2) is 6.12. The number of amides is 1. The number of carbonyl (C=O) groups is 1. The number of aromatic nitrogens is 3. The molecule has 1 atom stereocenters. The Balaban J connectivity index is 1.60. The van der Waals surface area contributed by atoms with Gasteiger partial charge in [0.05, 0.1) is 24.4 Å². The number of thiophene rings is 1. The number of hydrogen-bond acceptors (Lipinski definition) is 4. The number of fused-ring (bicyclic) bond motifs is 1. The molecule has 0 aliphatic carbocycles. The average Bonchev–Trinajstić information content (AvgIpc) is 3.25. The summed E-state index contributed by atoms with van der Waals surface area (Å²) in [7, 11) is 0. The molecule has 3 aromatic heterocycles. The van der Waals surface area contributed by atoms with Crippen LogP contribution in [0.4, 0.5) is 0 Å². The van der Waals surface area contributed by atoms with Crippen molar-refractivity contribution in [3.8, 4) is 0 Å². The monoisotopic (exact) mass is 326 g/mol. The molecule has 0 radical (unpaired) electrons. The predicted molar refractivity (Wildman–Crippen MR) is 89.3 cm³/mol. The summed E-state index contributed by atoms with van der Waals surface area (Å²) in [5.74, 6) is 0.201. The molecule has 1 aliphatic heterocycles. The summed E-state index contributed by atoms with van der Waals surface area (Å²) in [5, 5.41) is 6.20. The standard InChI is InChI=1S/C17H18N4OS/c22-17(12-13-4-3-11-23-13)20-9-2-1-5-15(20)14-7-10-21-16(19-14)6-8-18-21/h3-4,6-8,10-11,15H,1-2,5,9,12H2/t15-/m0/s1. The molecule has 6 heteroatoms. The molecule has 0 saturated carbocycles. The van der Waals surface area contributed by atoms with E-state index in [1.54, 1.807) is 22.0 Å². The van der Waals surface area contributed by atoms with Gasteiger partial charge < -0.3 is 4.90 Å². The lowest BCUT2D eigenvalue weighted by Crippen LogP contribution is -2.39. The largest absolute Gasteiger partial charge is 0.334 e. The van der Waals surface area contributed by atoms with Crippen LogP contribution in [0.25, 0.3) is 5.65 Å². The molecule has 1 saturated heterocycles. The first-order valence-corrected chi connectivity index (χ1v) is 8.81. The summed E-state index contributed by atoms with van der Waals surface area (Å²) in [6.07, 6.45) is 7.35. The SMILES string of the molecule is O=C(Cc1cccs1)N1CCCC[C@H]1c1ccn2nccc2n1. The molecular formula is C17H18N4OS. The van der Waals surface area contributed by atoms with E-state index in [0.29, 0.717) is 6.42 Å². The van der Waals surface area contributed by atoms with Crippen LogP contribution in [0.3, 0.4) is 0 Å². The summed E-state index contributed by atoms with van der Waals surface area (Å²) in [4.78, 5) is 20.6. The van der Waals surface area contributed by atoms with Crippen LogP contribution in [-0.4, -0.2) is 31.9 Å². The van der Waals surface area contributed by atoms with E-state index in [-0.39, 0.29) is 11.9 Å². The average molecular weight is 326 g/mol. The van der Waals surface area contributed by atoms with E-state index < -0.39 is 0 Å². The maximum atomic E-state index is 12.8. The first-order valence-electron chi connectivity index (χ1n) is 7.93. The Morgan fingerprint density at radius 3 is 3.13 bits per heavy atom. The van der Waals surface area contributed by atoms with E-state index in [2.05, 4.69) is 5.10 Å². The third-order valence-electron chi connectivity index (χ3n) is 4.35. The van der Waals surface area contributed by atoms with Crippen LogP contribution in [0, 0.1) is 0 Å². The van der Waals surface area contributed by atoms with E-state index in [0.717, 1.165) is 42.0 Å². The maximum absolute atomic E-state index is 12.8. The Labute approximate surface area is 138 Å². The second-order valence-electron chi connectivity index (χ2n) is 5.84. The highest BCUT2D eigenvalue weighted by atomic mass is 32.1. The molecule has 4 heterocycles. The molecular weight excluding hydrogens is 308 g/mol. The van der Waals surface area contributed by atoms with Gasteiger partial charge in [-0.15, -0.1) is 11.3 Å². The summed E-state index contributed by atoms with van der Waals surface area (Å²) >= 11 is 1.64. The lowest BCUT2D eigenvalue weighted by atomic mass is 9.98. The Morgan fingerprint density at radius 2 is 2.26 bits per heavy atom. The molecule has 118 valence electrons. The van der Waals surface area contributed by atoms with E-state index in [4.69, 9.17) is 4.98 Å². The van der Waals surface area contributed by atoms with Gasteiger partial charge in [0.1, 0.15) is 0 Å². The van der Waals surface area contributed by atoms with Crippen LogP contribution in [0.15, 0.2) is 42.0 Å². The van der Waals surface area contributed by atoms with Crippen LogP contribution in [0.2, 0.25) is 0 Å². The van der Waals surface area contributed by atoms with Crippen molar-refractivity contribution >= 4 is 22.9 Å². The van der Waals surface area contributed by atoms with Crippen LogP contribution in [0.1, 0.15) is 35.9 Å². The molecule has 0 spiro atoms. The molecule has 1 aliphatic rings. The van der Waals surface area contributed by atoms with E-state index >= 15 is 0 Å². The molecule has 23 heavy (non-hydrogen) atoms. The van der Waals surface area contributed by atoms with Crippen LogP contribution in [0.5, 0.6) is 0 Å². The Bertz CT molecular complexity index is 811. The quantitative estimate of drug-likeness (QED) is 0.743. The second-order valence-corrected chi connectivity index (χ2v) is 6.87. The number of piperidine rings is 1. The fraction of sp³-hybridized carbons (Fsp3) is 0.353. The molecule has 1 fully saturated rings. The Morgan fingerprint density at radius 1 is 1.30 bits per heavy atom. The highest BCUT2D eigenvalue weighted by molar-refractivity contribution is 7.10. The fourth-order valence-electron chi connectivity index (χ4n) is 3.21. The highest BCUT2D eigenvalue weighted by Gasteiger charge is 2.29. The van der Waals surface area contributed by atoms with Crippen molar-refractivity contribution in [2.45, 2.75) is 31.7 Å². The molecule has 1 amide bonds. The van der Waals surface area contributed by atoms with Crippen LogP contribution in [-0.2, 0) is 11.2 Å². The van der Waals surface area contributed by atoms with Crippen molar-refractivity contribution < 1.29 is 4.79 Å². The van der Waals surface area contributed by atoms with Gasteiger partial charge in [-0.05, 0) is 36.8 Å². The zero-order valence-electron chi connectivity index (χ0n) is 12.8. The summed E-state index contributed by atoms with van der Waals surface area (Å²) in [5.41, 5.74) is 1.80. The number of hydrogen-bond donors (Lipinski definition) is 0. The maximum Gasteiger partial charge on any atom is 0.228 e. The molecule has 0 aromatic carbocycles. The van der Waals surface area contributed by atoms with Crippen molar-refractivity contribution in [1.29, 1.82) is 0 Å². The minimum absolute atomic E-state index is 0.0797. The smallest absolute Gasteiger partial charge is 0.228 e. The normalized spacial score (nSPS) is 18.4. The number of nitrogens with zero attached hydrogens (tertiary/aromatic N) is 4. The lowest BCUT2D eigenvalue weighted by molar-refractivity contribution is -0.134. The summed E-state index contributed by atoms with van der Waals surface area (Å²) in [6.45, 7) is 0.820. The zero-order valence-corrected chi connectivity index (χ0v) is 13.6. The van der Waals surface area contributed by atoms with Gasteiger partial charge in [0.15, 0.2) is 5.65 Å². The van der Waals surface area contributed by atoms with Crippen molar-refractivity contribution in [3.05, 3.63) is 52.6 Å². The van der Waals surface area contributed by atoms with E-state index in [9.17, 15) is 4.79 Å². The van der Waals surface area contributed by atoms with Crippen molar-refractivity contribution in [2.75, 3.05) is 6.54 Å². The minimum Gasteiger partial charge on any atom is -0.334 e. The third-order valence-corrected chi connectivity index (χ3v) is 5.23. The van der Waals surface area contributed by atoms with Gasteiger partial charge >= 0.3 is 0 Å². The molecule has 0 N–H and O–H groups in total. The minimum atomic E-state index is 0.0797. The predicted octanol–water partition coefficient (Wildman–Crippen LogP) is 3.09. The van der Waals surface area contributed by atoms with Crippen LogP contribution >= 0.6 is 11.3 Å². The van der Waals surface area contributed by atoms with Crippen molar-refractivity contribution in [3.63, 3.8) is 0 Å². The van der Waals surface area contributed by atoms with Crippen molar-refractivity contribution in [2.24, 2.45) is 0 Å². The first kappa shape index (κ1) is 14.4. The number of likely N-dealkylation sites (tertiary alicyclic amines) is 1. The summed E-state index contributed by atoms with van der Waals surface area (Å²) < 4.78 is 1.75. The molecule has 5 nitrogen and oxygen atoms in total. The number of carbonyl (C=O) groups excluding carboxylic acids is 1. The van der Waals surface area contributed by atoms with E-state index in [1.165, 1.54) is 0 Å². The zero-order chi connectivity index (χ0) is 15.6. The molecule has 0 bridgehead atoms. The van der Waals surface area contributed by atoms with Gasteiger partial charge in [0, 0.05) is 23.7 Å². The van der Waals surface area contributed by atoms with Gasteiger partial charge in [-0.2, -0.15) is 5.10 Å². The van der Waals surface area contributed by atoms with Crippen molar-refractivity contribution in [1.82, 2.24) is 19.5 Å². The van der Waals surface area contributed by atoms with Crippen LogP contribution < -0.4 is 0 Å². The third kappa shape index (κ3) is 2.86. The molecule has 4 rings (SSSR count). The van der Waals surface area contributed by atoms with Gasteiger partial charge in [0.25, 0.3) is 0 Å². The van der Waals surface area contributed by atoms with Gasteiger partial charge in [-0.25, -0.2) is 9.50 Å². The molecule has 0 unspecified atom stereocenters. The number of rotatable bonds is 3. The summed E-state index contributed by atoms with van der Waals surface area (Å²) in [6, 6.07) is 7.98. The lowest BCUT2D eigenvalue weighted by Gasteiger charge is -2.35. The topological polar surface area (TPSA) is 50.5 Å². The van der Waals surface area contributed by atoms with Gasteiger partial charge in [-0.1, -0.05) is 6.07 Å². The highest BCUT2D eigenvalue weighted by Crippen LogP contribution is 2.30. The first-order chi connectivity index (χ1) is 11.3. The Kier molecular flexibility index (Phi) is 3.83. The van der Waals surface area contributed by atoms with Gasteiger partial charge in [-0.3, -0.25) is 4.79 Å².